The van der Waals surface area contributed by atoms with E-state index in [0.29, 0.717) is 19.5 Å². The molecule has 0 saturated carbocycles. The van der Waals surface area contributed by atoms with Gasteiger partial charge in [-0.15, -0.1) is 0 Å². The Morgan fingerprint density at radius 2 is 1.64 bits per heavy atom. The van der Waals surface area contributed by atoms with Crippen molar-refractivity contribution in [2.45, 2.75) is 25.4 Å². The maximum atomic E-state index is 12.1. The van der Waals surface area contributed by atoms with Crippen molar-refractivity contribution >= 4 is 5.91 Å². The van der Waals surface area contributed by atoms with Crippen LogP contribution in [0.1, 0.15) is 30.0 Å². The molecule has 1 aliphatic heterocycles. The SMILES string of the molecule is O=C1CCCN1C[C@@H](NCc1cnc(-c2ccccc2)nc1)c1ccccc1. The molecule has 0 spiro atoms. The minimum atomic E-state index is 0.0806. The topological polar surface area (TPSA) is 58.1 Å². The zero-order valence-electron chi connectivity index (χ0n) is 15.8. The van der Waals surface area contributed by atoms with E-state index < -0.39 is 0 Å². The van der Waals surface area contributed by atoms with E-state index in [4.69, 9.17) is 0 Å². The number of likely N-dealkylation sites (tertiary alicyclic amines) is 1. The first-order valence-corrected chi connectivity index (χ1v) is 9.72. The smallest absolute Gasteiger partial charge is 0.222 e. The van der Waals surface area contributed by atoms with Crippen molar-refractivity contribution in [2.75, 3.05) is 13.1 Å². The van der Waals surface area contributed by atoms with Crippen LogP contribution in [0.5, 0.6) is 0 Å². The number of benzene rings is 2. The summed E-state index contributed by atoms with van der Waals surface area (Å²) in [5.74, 6) is 0.977. The molecule has 1 amide bonds. The van der Waals surface area contributed by atoms with E-state index in [-0.39, 0.29) is 11.9 Å². The fourth-order valence-electron chi connectivity index (χ4n) is 3.51. The minimum absolute atomic E-state index is 0.0806. The Morgan fingerprint density at radius 3 is 2.29 bits per heavy atom. The first-order chi connectivity index (χ1) is 13.8. The Balaban J connectivity index is 1.44. The van der Waals surface area contributed by atoms with Gasteiger partial charge in [-0.3, -0.25) is 4.79 Å². The second-order valence-corrected chi connectivity index (χ2v) is 7.07. The van der Waals surface area contributed by atoms with Crippen molar-refractivity contribution < 1.29 is 4.79 Å². The van der Waals surface area contributed by atoms with Gasteiger partial charge < -0.3 is 10.2 Å². The minimum Gasteiger partial charge on any atom is -0.341 e. The number of hydrogen-bond donors (Lipinski definition) is 1. The van der Waals surface area contributed by atoms with Gasteiger partial charge in [-0.25, -0.2) is 9.97 Å². The van der Waals surface area contributed by atoms with E-state index in [2.05, 4.69) is 27.4 Å². The third-order valence-corrected chi connectivity index (χ3v) is 5.07. The lowest BCUT2D eigenvalue weighted by Gasteiger charge is -2.25. The predicted octanol–water partition coefficient (Wildman–Crippen LogP) is 3.60. The van der Waals surface area contributed by atoms with Gasteiger partial charge in [-0.2, -0.15) is 0 Å². The third-order valence-electron chi connectivity index (χ3n) is 5.07. The molecule has 142 valence electrons. The van der Waals surface area contributed by atoms with Gasteiger partial charge in [0.15, 0.2) is 5.82 Å². The molecule has 0 radical (unpaired) electrons. The zero-order valence-corrected chi connectivity index (χ0v) is 15.8. The zero-order chi connectivity index (χ0) is 19.2. The van der Waals surface area contributed by atoms with Crippen LogP contribution in [0.2, 0.25) is 0 Å². The molecule has 5 nitrogen and oxygen atoms in total. The second kappa shape index (κ2) is 8.76. The molecule has 2 heterocycles. The summed E-state index contributed by atoms with van der Waals surface area (Å²) in [6.07, 6.45) is 5.35. The standard InChI is InChI=1S/C23H24N4O/c28-22-12-7-13-27(22)17-21(19-8-3-1-4-9-19)24-14-18-15-25-23(26-16-18)20-10-5-2-6-11-20/h1-6,8-11,15-16,21,24H,7,12-14,17H2/t21-/m1/s1. The Hall–Kier alpha value is -3.05. The fraction of sp³-hybridized carbons (Fsp3) is 0.261. The molecule has 1 aromatic heterocycles. The van der Waals surface area contributed by atoms with Crippen molar-refractivity contribution in [3.05, 3.63) is 84.2 Å². The second-order valence-electron chi connectivity index (χ2n) is 7.07. The number of nitrogens with zero attached hydrogens (tertiary/aromatic N) is 3. The van der Waals surface area contributed by atoms with Crippen LogP contribution >= 0.6 is 0 Å². The van der Waals surface area contributed by atoms with Crippen LogP contribution in [0.15, 0.2) is 73.1 Å². The highest BCUT2D eigenvalue weighted by molar-refractivity contribution is 5.78. The van der Waals surface area contributed by atoms with Crippen molar-refractivity contribution in [3.63, 3.8) is 0 Å². The third kappa shape index (κ3) is 4.43. The number of hydrogen-bond acceptors (Lipinski definition) is 4. The number of aromatic nitrogens is 2. The molecule has 4 rings (SSSR count). The molecule has 1 N–H and O–H groups in total. The highest BCUT2D eigenvalue weighted by Crippen LogP contribution is 2.19. The molecule has 0 unspecified atom stereocenters. The van der Waals surface area contributed by atoms with E-state index >= 15 is 0 Å². The highest BCUT2D eigenvalue weighted by Gasteiger charge is 2.24. The fourth-order valence-corrected chi connectivity index (χ4v) is 3.51. The van der Waals surface area contributed by atoms with Crippen LogP contribution in [0, 0.1) is 0 Å². The Labute approximate surface area is 165 Å². The molecule has 1 saturated heterocycles. The molecule has 0 aliphatic carbocycles. The van der Waals surface area contributed by atoms with Crippen molar-refractivity contribution in [3.8, 4) is 11.4 Å². The van der Waals surface area contributed by atoms with E-state index in [9.17, 15) is 4.79 Å². The summed E-state index contributed by atoms with van der Waals surface area (Å²) in [6.45, 7) is 2.18. The Bertz CT molecular complexity index is 897. The summed E-state index contributed by atoms with van der Waals surface area (Å²) in [4.78, 5) is 23.0. The van der Waals surface area contributed by atoms with Crippen LogP contribution in [0.25, 0.3) is 11.4 Å². The quantitative estimate of drug-likeness (QED) is 0.688. The largest absolute Gasteiger partial charge is 0.341 e. The van der Waals surface area contributed by atoms with E-state index in [0.717, 1.165) is 29.9 Å². The monoisotopic (exact) mass is 372 g/mol. The first kappa shape index (κ1) is 18.3. The lowest BCUT2D eigenvalue weighted by atomic mass is 10.1. The van der Waals surface area contributed by atoms with Gasteiger partial charge >= 0.3 is 0 Å². The Morgan fingerprint density at radius 1 is 0.964 bits per heavy atom. The van der Waals surface area contributed by atoms with Crippen LogP contribution in [0.3, 0.4) is 0 Å². The van der Waals surface area contributed by atoms with E-state index in [1.54, 1.807) is 0 Å². The van der Waals surface area contributed by atoms with Crippen LogP contribution in [0.4, 0.5) is 0 Å². The Kier molecular flexibility index (Phi) is 5.73. The molecular weight excluding hydrogens is 348 g/mol. The van der Waals surface area contributed by atoms with Gasteiger partial charge in [-0.1, -0.05) is 60.7 Å². The molecule has 1 fully saturated rings. The molecule has 28 heavy (non-hydrogen) atoms. The van der Waals surface area contributed by atoms with Gasteiger partial charge in [-0.05, 0) is 12.0 Å². The van der Waals surface area contributed by atoms with Crippen LogP contribution < -0.4 is 5.32 Å². The summed E-state index contributed by atoms with van der Waals surface area (Å²) < 4.78 is 0. The molecular formula is C23H24N4O. The number of amides is 1. The molecule has 3 aromatic rings. The summed E-state index contributed by atoms with van der Waals surface area (Å²) in [5.41, 5.74) is 3.22. The maximum absolute atomic E-state index is 12.1. The van der Waals surface area contributed by atoms with Crippen LogP contribution in [-0.4, -0.2) is 33.9 Å². The summed E-state index contributed by atoms with van der Waals surface area (Å²) in [6, 6.07) is 20.3. The first-order valence-electron chi connectivity index (χ1n) is 9.72. The summed E-state index contributed by atoms with van der Waals surface area (Å²) in [5, 5.41) is 3.59. The molecule has 2 aromatic carbocycles. The average Bonchev–Trinajstić information content (AvgIpc) is 3.17. The van der Waals surface area contributed by atoms with Crippen molar-refractivity contribution in [1.82, 2.24) is 20.2 Å². The van der Waals surface area contributed by atoms with E-state index in [1.807, 2.05) is 65.8 Å². The lowest BCUT2D eigenvalue weighted by Crippen LogP contribution is -2.35. The molecule has 0 bridgehead atoms. The summed E-state index contributed by atoms with van der Waals surface area (Å²) >= 11 is 0. The lowest BCUT2D eigenvalue weighted by molar-refractivity contribution is -0.128. The predicted molar refractivity (Wildman–Crippen MR) is 109 cm³/mol. The maximum Gasteiger partial charge on any atom is 0.222 e. The van der Waals surface area contributed by atoms with Gasteiger partial charge in [0.25, 0.3) is 0 Å². The number of carbonyl (C=O) groups is 1. The van der Waals surface area contributed by atoms with Gasteiger partial charge in [0.1, 0.15) is 0 Å². The van der Waals surface area contributed by atoms with Gasteiger partial charge in [0.05, 0.1) is 6.04 Å². The van der Waals surface area contributed by atoms with Crippen molar-refractivity contribution in [2.24, 2.45) is 0 Å². The van der Waals surface area contributed by atoms with Gasteiger partial charge in [0, 0.05) is 49.6 Å². The average molecular weight is 372 g/mol. The molecule has 1 atom stereocenters. The van der Waals surface area contributed by atoms with Crippen molar-refractivity contribution in [1.29, 1.82) is 0 Å². The number of rotatable bonds is 7. The normalized spacial score (nSPS) is 15.0. The highest BCUT2D eigenvalue weighted by atomic mass is 16.2. The summed E-state index contributed by atoms with van der Waals surface area (Å²) in [7, 11) is 0. The van der Waals surface area contributed by atoms with Gasteiger partial charge in [0.2, 0.25) is 5.91 Å². The molecule has 5 heteroatoms. The number of carbonyl (C=O) groups excluding carboxylic acids is 1. The number of nitrogens with one attached hydrogen (secondary N) is 1. The van der Waals surface area contributed by atoms with Crippen LogP contribution in [-0.2, 0) is 11.3 Å². The van der Waals surface area contributed by atoms with E-state index in [1.165, 1.54) is 5.56 Å². The molecule has 1 aliphatic rings.